The quantitative estimate of drug-likeness (QED) is 0.437. The van der Waals surface area contributed by atoms with Crippen LogP contribution in [0.4, 0.5) is 4.79 Å². The topological polar surface area (TPSA) is 73.5 Å². The molecule has 0 aliphatic carbocycles. The van der Waals surface area contributed by atoms with Crippen molar-refractivity contribution in [1.82, 2.24) is 20.9 Å². The Labute approximate surface area is 159 Å². The van der Waals surface area contributed by atoms with Crippen molar-refractivity contribution >= 4 is 11.9 Å². The molecule has 0 radical (unpaired) electrons. The van der Waals surface area contributed by atoms with E-state index in [1.54, 1.807) is 4.90 Å². The zero-order valence-electron chi connectivity index (χ0n) is 17.0. The maximum atomic E-state index is 13.1. The van der Waals surface area contributed by atoms with E-state index in [0.717, 1.165) is 51.4 Å². The highest BCUT2D eigenvalue weighted by molar-refractivity contribution is 5.90. The Morgan fingerprint density at radius 2 is 1.54 bits per heavy atom. The van der Waals surface area contributed by atoms with E-state index in [2.05, 4.69) is 43.3 Å². The Kier molecular flexibility index (Phi) is 10.1. The minimum absolute atomic E-state index is 0.136. The molecule has 150 valence electrons. The predicted octanol–water partition coefficient (Wildman–Crippen LogP) is 3.50. The second-order valence-corrected chi connectivity index (χ2v) is 7.21. The molecule has 1 fully saturated rings. The SMILES string of the molecule is C=C1NC(CCCC)(CCCC)C(=O)N1CCCNC(=O)NCCCC. The van der Waals surface area contributed by atoms with E-state index >= 15 is 0 Å². The van der Waals surface area contributed by atoms with Gasteiger partial charge < -0.3 is 16.0 Å². The molecule has 0 aromatic rings. The lowest BCUT2D eigenvalue weighted by Crippen LogP contribution is -2.46. The molecule has 0 atom stereocenters. The number of nitrogens with one attached hydrogen (secondary N) is 3. The summed E-state index contributed by atoms with van der Waals surface area (Å²) in [6, 6.07) is -0.136. The summed E-state index contributed by atoms with van der Waals surface area (Å²) in [6.45, 7) is 12.3. The van der Waals surface area contributed by atoms with Crippen molar-refractivity contribution in [2.75, 3.05) is 19.6 Å². The van der Waals surface area contributed by atoms with E-state index in [-0.39, 0.29) is 11.9 Å². The van der Waals surface area contributed by atoms with Crippen molar-refractivity contribution in [2.45, 2.75) is 84.1 Å². The van der Waals surface area contributed by atoms with E-state index in [4.69, 9.17) is 0 Å². The van der Waals surface area contributed by atoms with Crippen molar-refractivity contribution < 1.29 is 9.59 Å². The van der Waals surface area contributed by atoms with Gasteiger partial charge in [-0.2, -0.15) is 0 Å². The van der Waals surface area contributed by atoms with Gasteiger partial charge in [-0.25, -0.2) is 4.79 Å². The van der Waals surface area contributed by atoms with Crippen LogP contribution < -0.4 is 16.0 Å². The van der Waals surface area contributed by atoms with Gasteiger partial charge in [-0.1, -0.05) is 59.5 Å². The lowest BCUT2D eigenvalue weighted by atomic mass is 9.87. The highest BCUT2D eigenvalue weighted by Gasteiger charge is 2.46. The van der Waals surface area contributed by atoms with Crippen LogP contribution in [0.3, 0.4) is 0 Å². The zero-order valence-corrected chi connectivity index (χ0v) is 17.0. The summed E-state index contributed by atoms with van der Waals surface area (Å²) >= 11 is 0. The number of amides is 3. The van der Waals surface area contributed by atoms with Crippen LogP contribution in [0.15, 0.2) is 12.4 Å². The fourth-order valence-electron chi connectivity index (χ4n) is 3.32. The normalized spacial score (nSPS) is 15.9. The van der Waals surface area contributed by atoms with Gasteiger partial charge in [-0.15, -0.1) is 0 Å². The summed E-state index contributed by atoms with van der Waals surface area (Å²) in [5, 5.41) is 9.08. The summed E-state index contributed by atoms with van der Waals surface area (Å²) in [6.07, 6.45) is 8.69. The zero-order chi connectivity index (χ0) is 19.4. The number of rotatable bonds is 13. The Bertz CT molecular complexity index is 457. The van der Waals surface area contributed by atoms with Crippen LogP contribution in [0.2, 0.25) is 0 Å². The first-order chi connectivity index (χ1) is 12.5. The van der Waals surface area contributed by atoms with E-state index in [0.29, 0.717) is 31.9 Å². The molecule has 1 aliphatic rings. The summed E-state index contributed by atoms with van der Waals surface area (Å²) in [5.41, 5.74) is -0.478. The third kappa shape index (κ3) is 6.54. The summed E-state index contributed by atoms with van der Waals surface area (Å²) in [4.78, 5) is 26.5. The Morgan fingerprint density at radius 3 is 2.08 bits per heavy atom. The lowest BCUT2D eigenvalue weighted by Gasteiger charge is -2.27. The van der Waals surface area contributed by atoms with Gasteiger partial charge in [0.1, 0.15) is 11.4 Å². The first-order valence-corrected chi connectivity index (χ1v) is 10.3. The van der Waals surface area contributed by atoms with E-state index in [9.17, 15) is 9.59 Å². The summed E-state index contributed by atoms with van der Waals surface area (Å²) in [5.74, 6) is 0.853. The fraction of sp³-hybridized carbons (Fsp3) is 0.800. The predicted molar refractivity (Wildman–Crippen MR) is 107 cm³/mol. The monoisotopic (exact) mass is 366 g/mol. The van der Waals surface area contributed by atoms with Crippen molar-refractivity contribution in [3.8, 4) is 0 Å². The molecule has 26 heavy (non-hydrogen) atoms. The lowest BCUT2D eigenvalue weighted by molar-refractivity contribution is -0.132. The largest absolute Gasteiger partial charge is 0.358 e. The van der Waals surface area contributed by atoms with Crippen molar-refractivity contribution in [3.05, 3.63) is 12.4 Å². The van der Waals surface area contributed by atoms with E-state index < -0.39 is 5.54 Å². The smallest absolute Gasteiger partial charge is 0.314 e. The minimum Gasteiger partial charge on any atom is -0.358 e. The minimum atomic E-state index is -0.478. The number of urea groups is 1. The Morgan fingerprint density at radius 1 is 1.00 bits per heavy atom. The highest BCUT2D eigenvalue weighted by Crippen LogP contribution is 2.32. The van der Waals surface area contributed by atoms with Gasteiger partial charge >= 0.3 is 6.03 Å². The number of hydrogen-bond acceptors (Lipinski definition) is 3. The molecule has 3 N–H and O–H groups in total. The highest BCUT2D eigenvalue weighted by atomic mass is 16.2. The van der Waals surface area contributed by atoms with Gasteiger partial charge in [-0.05, 0) is 25.7 Å². The Balaban J connectivity index is 2.47. The first kappa shape index (κ1) is 22.3. The van der Waals surface area contributed by atoms with Gasteiger partial charge in [0, 0.05) is 19.6 Å². The van der Waals surface area contributed by atoms with Crippen molar-refractivity contribution in [3.63, 3.8) is 0 Å². The van der Waals surface area contributed by atoms with Crippen LogP contribution in [-0.4, -0.2) is 42.0 Å². The average Bonchev–Trinajstić information content (AvgIpc) is 2.86. The molecule has 3 amide bonds. The standard InChI is InChI=1S/C20H38N4O2/c1-5-8-12-20(13-9-6-2)18(25)24(17(4)23-20)16-11-15-22-19(26)21-14-10-7-3/h23H,4-16H2,1-3H3,(H2,21,22,26). The molecule has 1 heterocycles. The van der Waals surface area contributed by atoms with Gasteiger partial charge in [-0.3, -0.25) is 9.69 Å². The molecule has 1 aliphatic heterocycles. The first-order valence-electron chi connectivity index (χ1n) is 10.3. The van der Waals surface area contributed by atoms with Crippen LogP contribution in [0.1, 0.15) is 78.6 Å². The van der Waals surface area contributed by atoms with Gasteiger partial charge in [0.2, 0.25) is 0 Å². The van der Waals surface area contributed by atoms with Crippen LogP contribution in [0, 0.1) is 0 Å². The van der Waals surface area contributed by atoms with Gasteiger partial charge in [0.15, 0.2) is 0 Å². The Hall–Kier alpha value is -1.72. The molecule has 1 saturated heterocycles. The number of carbonyl (C=O) groups is 2. The molecular formula is C20H38N4O2. The third-order valence-electron chi connectivity index (χ3n) is 4.94. The number of carbonyl (C=O) groups excluding carboxylic acids is 2. The van der Waals surface area contributed by atoms with Crippen LogP contribution in [-0.2, 0) is 4.79 Å². The second kappa shape index (κ2) is 11.8. The van der Waals surface area contributed by atoms with Crippen molar-refractivity contribution in [2.24, 2.45) is 0 Å². The average molecular weight is 367 g/mol. The van der Waals surface area contributed by atoms with E-state index in [1.165, 1.54) is 0 Å². The molecular weight excluding hydrogens is 328 g/mol. The van der Waals surface area contributed by atoms with Crippen LogP contribution in [0.25, 0.3) is 0 Å². The molecule has 6 heteroatoms. The maximum Gasteiger partial charge on any atom is 0.314 e. The maximum absolute atomic E-state index is 13.1. The molecule has 0 unspecified atom stereocenters. The van der Waals surface area contributed by atoms with Crippen molar-refractivity contribution in [1.29, 1.82) is 0 Å². The fourth-order valence-corrected chi connectivity index (χ4v) is 3.32. The number of nitrogens with zero attached hydrogens (tertiary/aromatic N) is 1. The van der Waals surface area contributed by atoms with Crippen LogP contribution in [0.5, 0.6) is 0 Å². The van der Waals surface area contributed by atoms with Gasteiger partial charge in [0.25, 0.3) is 5.91 Å². The molecule has 0 aromatic heterocycles. The second-order valence-electron chi connectivity index (χ2n) is 7.21. The number of hydrogen-bond donors (Lipinski definition) is 3. The number of unbranched alkanes of at least 4 members (excludes halogenated alkanes) is 3. The third-order valence-corrected chi connectivity index (χ3v) is 4.94. The molecule has 0 aromatic carbocycles. The molecule has 0 bridgehead atoms. The molecule has 6 nitrogen and oxygen atoms in total. The summed E-state index contributed by atoms with van der Waals surface area (Å²) < 4.78 is 0. The molecule has 0 saturated carbocycles. The van der Waals surface area contributed by atoms with Crippen LogP contribution >= 0.6 is 0 Å². The molecule has 1 rings (SSSR count). The van der Waals surface area contributed by atoms with Gasteiger partial charge in [0.05, 0.1) is 0 Å². The molecule has 0 spiro atoms. The van der Waals surface area contributed by atoms with E-state index in [1.807, 2.05) is 0 Å². The summed E-state index contributed by atoms with van der Waals surface area (Å²) in [7, 11) is 0.